The molecule has 142 valence electrons. The number of nitrogens with one attached hydrogen (secondary N) is 2. The maximum atomic E-state index is 12.7. The van der Waals surface area contributed by atoms with E-state index in [0.717, 1.165) is 5.16 Å². The van der Waals surface area contributed by atoms with Gasteiger partial charge in [-0.05, 0) is 18.6 Å². The minimum absolute atomic E-state index is 0.227. The molecule has 0 saturated carbocycles. The molecule has 2 aromatic rings. The van der Waals surface area contributed by atoms with Gasteiger partial charge < -0.3 is 19.9 Å². The van der Waals surface area contributed by atoms with Crippen molar-refractivity contribution in [2.24, 2.45) is 7.05 Å². The largest absolute Gasteiger partial charge is 0.463 e. The first kappa shape index (κ1) is 19.3. The van der Waals surface area contributed by atoms with Crippen molar-refractivity contribution in [1.29, 1.82) is 0 Å². The topological polar surface area (TPSA) is 85.2 Å². The van der Waals surface area contributed by atoms with Crippen LogP contribution in [-0.2, 0) is 16.6 Å². The first-order valence-corrected chi connectivity index (χ1v) is 9.69. The molecule has 1 aromatic carbocycles. The second kappa shape index (κ2) is 8.49. The molecular weight excluding hydrogens is 388 g/mol. The summed E-state index contributed by atoms with van der Waals surface area (Å²) in [6, 6.07) is 6.00. The minimum Gasteiger partial charge on any atom is -0.463 e. The van der Waals surface area contributed by atoms with E-state index in [-0.39, 0.29) is 6.61 Å². The molecule has 1 aliphatic heterocycles. The van der Waals surface area contributed by atoms with E-state index in [1.54, 1.807) is 37.4 Å². The van der Waals surface area contributed by atoms with Crippen molar-refractivity contribution in [3.05, 3.63) is 58.5 Å². The number of benzene rings is 1. The summed E-state index contributed by atoms with van der Waals surface area (Å²) in [7, 11) is 1.88. The van der Waals surface area contributed by atoms with E-state index < -0.39 is 18.0 Å². The van der Waals surface area contributed by atoms with Gasteiger partial charge in [0.05, 0.1) is 18.2 Å². The van der Waals surface area contributed by atoms with Crippen molar-refractivity contribution in [3.8, 4) is 0 Å². The van der Waals surface area contributed by atoms with Crippen LogP contribution in [0.1, 0.15) is 18.5 Å². The number of ether oxygens (including phenoxy) is 1. The van der Waals surface area contributed by atoms with Gasteiger partial charge in [0.25, 0.3) is 0 Å². The molecule has 0 bridgehead atoms. The van der Waals surface area contributed by atoms with Gasteiger partial charge in [-0.2, -0.15) is 0 Å². The Bertz CT molecular complexity index is 896. The van der Waals surface area contributed by atoms with Crippen LogP contribution in [-0.4, -0.2) is 33.9 Å². The normalized spacial score (nSPS) is 16.7. The number of carbonyl (C=O) groups excluding carboxylic acids is 2. The van der Waals surface area contributed by atoms with Gasteiger partial charge in [0.2, 0.25) is 0 Å². The molecule has 2 N–H and O–H groups in total. The molecule has 1 unspecified atom stereocenters. The number of urea groups is 1. The predicted octanol–water partition coefficient (Wildman–Crippen LogP) is 3.04. The molecule has 1 atom stereocenters. The van der Waals surface area contributed by atoms with Gasteiger partial charge in [-0.3, -0.25) is 0 Å². The lowest BCUT2D eigenvalue weighted by molar-refractivity contribution is -0.139. The van der Waals surface area contributed by atoms with E-state index in [2.05, 4.69) is 15.6 Å². The Kier molecular flexibility index (Phi) is 6.08. The van der Waals surface area contributed by atoms with Crippen molar-refractivity contribution >= 4 is 35.4 Å². The third-order valence-corrected chi connectivity index (χ3v) is 5.42. The summed E-state index contributed by atoms with van der Waals surface area (Å²) in [5.41, 5.74) is 1.46. The van der Waals surface area contributed by atoms with Gasteiger partial charge in [-0.25, -0.2) is 14.6 Å². The van der Waals surface area contributed by atoms with Crippen molar-refractivity contribution < 1.29 is 14.3 Å². The molecule has 27 heavy (non-hydrogen) atoms. The van der Waals surface area contributed by atoms with Crippen molar-refractivity contribution in [3.63, 3.8) is 0 Å². The van der Waals surface area contributed by atoms with E-state index in [1.165, 1.54) is 11.8 Å². The Hall–Kier alpha value is -2.45. The molecule has 7 nitrogen and oxygen atoms in total. The van der Waals surface area contributed by atoms with Crippen LogP contribution in [0.3, 0.4) is 0 Å². The van der Waals surface area contributed by atoms with E-state index in [9.17, 15) is 9.59 Å². The van der Waals surface area contributed by atoms with Crippen molar-refractivity contribution in [1.82, 2.24) is 20.2 Å². The molecule has 0 saturated heterocycles. The summed E-state index contributed by atoms with van der Waals surface area (Å²) in [6.45, 7) is 1.96. The number of rotatable bonds is 6. The van der Waals surface area contributed by atoms with E-state index in [4.69, 9.17) is 16.3 Å². The molecule has 1 aliphatic rings. The van der Waals surface area contributed by atoms with Gasteiger partial charge in [0.15, 0.2) is 5.16 Å². The maximum Gasteiger partial charge on any atom is 0.338 e. The number of carbonyl (C=O) groups is 2. The second-order valence-corrected chi connectivity index (χ2v) is 7.12. The fourth-order valence-corrected chi connectivity index (χ4v) is 3.90. The van der Waals surface area contributed by atoms with Crippen LogP contribution in [0.25, 0.3) is 0 Å². The summed E-state index contributed by atoms with van der Waals surface area (Å²) >= 11 is 7.73. The molecule has 0 aliphatic carbocycles. The zero-order chi connectivity index (χ0) is 19.4. The third kappa shape index (κ3) is 4.28. The molecule has 9 heteroatoms. The summed E-state index contributed by atoms with van der Waals surface area (Å²) in [4.78, 5) is 29.2. The highest BCUT2D eigenvalue weighted by molar-refractivity contribution is 7.99. The fraction of sp³-hybridized carbons (Fsp3) is 0.278. The Morgan fingerprint density at radius 3 is 2.85 bits per heavy atom. The zero-order valence-corrected chi connectivity index (χ0v) is 16.4. The number of hydrogen-bond acceptors (Lipinski definition) is 5. The SMILES string of the molecule is CCOC(=O)C1=C(CSc2nccn2C)NC(=O)NC1c1ccccc1Cl. The summed E-state index contributed by atoms with van der Waals surface area (Å²) in [5, 5.41) is 6.74. The van der Waals surface area contributed by atoms with Crippen LogP contribution in [0, 0.1) is 0 Å². The Labute approximate surface area is 166 Å². The third-order valence-electron chi connectivity index (χ3n) is 3.99. The second-order valence-electron chi connectivity index (χ2n) is 5.78. The number of nitrogens with zero attached hydrogens (tertiary/aromatic N) is 2. The number of hydrogen-bond donors (Lipinski definition) is 2. The number of imidazole rings is 1. The van der Waals surface area contributed by atoms with Crippen LogP contribution in [0.4, 0.5) is 4.79 Å². The van der Waals surface area contributed by atoms with Gasteiger partial charge in [0.1, 0.15) is 0 Å². The first-order valence-electron chi connectivity index (χ1n) is 8.33. The van der Waals surface area contributed by atoms with Crippen LogP contribution < -0.4 is 10.6 Å². The van der Waals surface area contributed by atoms with Gasteiger partial charge in [0, 0.05) is 35.9 Å². The predicted molar refractivity (Wildman–Crippen MR) is 103 cm³/mol. The number of aryl methyl sites for hydroxylation is 1. The quantitative estimate of drug-likeness (QED) is 0.569. The number of esters is 1. The molecule has 3 rings (SSSR count). The zero-order valence-electron chi connectivity index (χ0n) is 14.9. The highest BCUT2D eigenvalue weighted by atomic mass is 35.5. The van der Waals surface area contributed by atoms with E-state index in [1.807, 2.05) is 17.8 Å². The molecular formula is C18H19ClN4O3S. The molecule has 1 aromatic heterocycles. The van der Waals surface area contributed by atoms with Crippen LogP contribution in [0.15, 0.2) is 53.1 Å². The molecule has 2 heterocycles. The van der Waals surface area contributed by atoms with Gasteiger partial charge >= 0.3 is 12.0 Å². The molecule has 0 fully saturated rings. The Balaban J connectivity index is 2.00. The molecule has 2 amide bonds. The number of thioether (sulfide) groups is 1. The van der Waals surface area contributed by atoms with Crippen LogP contribution >= 0.6 is 23.4 Å². The van der Waals surface area contributed by atoms with Crippen LogP contribution in [0.2, 0.25) is 5.02 Å². The van der Waals surface area contributed by atoms with Crippen LogP contribution in [0.5, 0.6) is 0 Å². The number of aromatic nitrogens is 2. The highest BCUT2D eigenvalue weighted by Crippen LogP contribution is 2.33. The lowest BCUT2D eigenvalue weighted by atomic mass is 9.95. The molecule has 0 spiro atoms. The average molecular weight is 407 g/mol. The van der Waals surface area contributed by atoms with E-state index in [0.29, 0.717) is 27.6 Å². The lowest BCUT2D eigenvalue weighted by Crippen LogP contribution is -2.46. The summed E-state index contributed by atoms with van der Waals surface area (Å²) < 4.78 is 7.10. The standard InChI is InChI=1S/C18H19ClN4O3S/c1-3-26-16(24)14-13(10-27-18-20-8-9-23(18)2)21-17(25)22-15(14)11-6-4-5-7-12(11)19/h4-9,15H,3,10H2,1-2H3,(H2,21,22,25). The molecule has 0 radical (unpaired) electrons. The monoisotopic (exact) mass is 406 g/mol. The van der Waals surface area contributed by atoms with Crippen molar-refractivity contribution in [2.75, 3.05) is 12.4 Å². The Morgan fingerprint density at radius 1 is 1.41 bits per heavy atom. The lowest BCUT2D eigenvalue weighted by Gasteiger charge is -2.29. The van der Waals surface area contributed by atoms with Crippen molar-refractivity contribution in [2.45, 2.75) is 18.1 Å². The maximum absolute atomic E-state index is 12.7. The average Bonchev–Trinajstić information content (AvgIpc) is 3.05. The van der Waals surface area contributed by atoms with Gasteiger partial charge in [-0.1, -0.05) is 41.6 Å². The fourth-order valence-electron chi connectivity index (χ4n) is 2.75. The number of amides is 2. The smallest absolute Gasteiger partial charge is 0.338 e. The summed E-state index contributed by atoms with van der Waals surface area (Å²) in [6.07, 6.45) is 3.52. The Morgan fingerprint density at radius 2 is 2.19 bits per heavy atom. The van der Waals surface area contributed by atoms with E-state index >= 15 is 0 Å². The summed E-state index contributed by atoms with van der Waals surface area (Å²) in [5.74, 6) is -0.140. The van der Waals surface area contributed by atoms with Gasteiger partial charge in [-0.15, -0.1) is 0 Å². The first-order chi connectivity index (χ1) is 13.0. The highest BCUT2D eigenvalue weighted by Gasteiger charge is 2.34. The number of halogens is 1. The minimum atomic E-state index is -0.691.